The molecule has 2 rings (SSSR count). The van der Waals surface area contributed by atoms with Crippen molar-refractivity contribution in [3.8, 4) is 0 Å². The fourth-order valence-electron chi connectivity index (χ4n) is 1.68. The Morgan fingerprint density at radius 3 is 2.61 bits per heavy atom. The van der Waals surface area contributed by atoms with Crippen LogP contribution in [0.2, 0.25) is 5.22 Å². The third-order valence-corrected chi connectivity index (χ3v) is 3.23. The number of hydrogen-bond acceptors (Lipinski definition) is 3. The fourth-order valence-corrected chi connectivity index (χ4v) is 1.87. The highest BCUT2D eigenvalue weighted by Gasteiger charge is 2.22. The van der Waals surface area contributed by atoms with Crippen molar-refractivity contribution >= 4 is 17.5 Å². The van der Waals surface area contributed by atoms with Crippen molar-refractivity contribution in [3.63, 3.8) is 0 Å². The molecule has 1 unspecified atom stereocenters. The standard InChI is InChI=1S/C13H13ClN2O2/c1-9(10-3-6-15-7-4-10)16(2)13(17)11-5-8-18-12(11)14/h3-9H,1-2H3. The van der Waals surface area contributed by atoms with E-state index in [0.29, 0.717) is 5.56 Å². The molecule has 0 N–H and O–H groups in total. The predicted molar refractivity (Wildman–Crippen MR) is 68.5 cm³/mol. The van der Waals surface area contributed by atoms with Crippen molar-refractivity contribution in [1.29, 1.82) is 0 Å². The van der Waals surface area contributed by atoms with Gasteiger partial charge in [-0.05, 0) is 42.3 Å². The van der Waals surface area contributed by atoms with Crippen LogP contribution >= 0.6 is 11.6 Å². The molecule has 0 radical (unpaired) electrons. The summed E-state index contributed by atoms with van der Waals surface area (Å²) in [6.07, 6.45) is 4.81. The summed E-state index contributed by atoms with van der Waals surface area (Å²) in [6, 6.07) is 5.27. The lowest BCUT2D eigenvalue weighted by atomic mass is 10.1. The molecule has 94 valence electrons. The highest BCUT2D eigenvalue weighted by Crippen LogP contribution is 2.23. The van der Waals surface area contributed by atoms with Gasteiger partial charge in [-0.3, -0.25) is 9.78 Å². The molecule has 0 aliphatic rings. The van der Waals surface area contributed by atoms with Gasteiger partial charge in [0.2, 0.25) is 5.22 Å². The van der Waals surface area contributed by atoms with Gasteiger partial charge in [-0.15, -0.1) is 0 Å². The van der Waals surface area contributed by atoms with Gasteiger partial charge < -0.3 is 9.32 Å². The Hall–Kier alpha value is -1.81. The highest BCUT2D eigenvalue weighted by molar-refractivity contribution is 6.32. The number of rotatable bonds is 3. The largest absolute Gasteiger partial charge is 0.452 e. The van der Waals surface area contributed by atoms with E-state index in [1.807, 2.05) is 19.1 Å². The zero-order valence-corrected chi connectivity index (χ0v) is 10.9. The lowest BCUT2D eigenvalue weighted by molar-refractivity contribution is 0.0742. The highest BCUT2D eigenvalue weighted by atomic mass is 35.5. The molecule has 5 heteroatoms. The predicted octanol–water partition coefficient (Wildman–Crippen LogP) is 3.16. The summed E-state index contributed by atoms with van der Waals surface area (Å²) in [5, 5.41) is 0.119. The second-order valence-corrected chi connectivity index (χ2v) is 4.32. The Balaban J connectivity index is 2.20. The fraction of sp³-hybridized carbons (Fsp3) is 0.231. The van der Waals surface area contributed by atoms with E-state index in [1.165, 1.54) is 6.26 Å². The summed E-state index contributed by atoms with van der Waals surface area (Å²) in [4.78, 5) is 17.8. The molecule has 1 amide bonds. The number of furan rings is 1. The van der Waals surface area contributed by atoms with Crippen molar-refractivity contribution in [2.75, 3.05) is 7.05 Å². The third-order valence-electron chi connectivity index (χ3n) is 2.94. The Morgan fingerprint density at radius 2 is 2.06 bits per heavy atom. The maximum absolute atomic E-state index is 12.2. The van der Waals surface area contributed by atoms with Gasteiger partial charge in [0.15, 0.2) is 0 Å². The normalized spacial score (nSPS) is 12.2. The molecule has 0 bridgehead atoms. The van der Waals surface area contributed by atoms with Crippen LogP contribution in [0.15, 0.2) is 41.3 Å². The Labute approximate surface area is 110 Å². The molecule has 0 aliphatic carbocycles. The molecule has 0 spiro atoms. The van der Waals surface area contributed by atoms with Gasteiger partial charge in [0.05, 0.1) is 17.9 Å². The van der Waals surface area contributed by atoms with Crippen molar-refractivity contribution < 1.29 is 9.21 Å². The second-order valence-electron chi connectivity index (χ2n) is 3.98. The van der Waals surface area contributed by atoms with E-state index in [4.69, 9.17) is 16.0 Å². The molecule has 1 atom stereocenters. The molecule has 2 aromatic heterocycles. The molecule has 4 nitrogen and oxygen atoms in total. The number of hydrogen-bond donors (Lipinski definition) is 0. The Bertz CT molecular complexity index is 539. The van der Waals surface area contributed by atoms with Crippen LogP contribution in [0, 0.1) is 0 Å². The average Bonchev–Trinajstić information content (AvgIpc) is 2.83. The monoisotopic (exact) mass is 264 g/mol. The molecule has 18 heavy (non-hydrogen) atoms. The number of carbonyl (C=O) groups is 1. The summed E-state index contributed by atoms with van der Waals surface area (Å²) < 4.78 is 4.93. The van der Waals surface area contributed by atoms with Gasteiger partial charge in [-0.1, -0.05) is 0 Å². The quantitative estimate of drug-likeness (QED) is 0.855. The van der Waals surface area contributed by atoms with Gasteiger partial charge in [-0.2, -0.15) is 0 Å². The zero-order chi connectivity index (χ0) is 13.1. The summed E-state index contributed by atoms with van der Waals surface area (Å²) in [5.74, 6) is -0.168. The number of amides is 1. The van der Waals surface area contributed by atoms with E-state index >= 15 is 0 Å². The number of nitrogens with zero attached hydrogens (tertiary/aromatic N) is 2. The van der Waals surface area contributed by atoms with Crippen LogP contribution in [0.25, 0.3) is 0 Å². The van der Waals surface area contributed by atoms with E-state index in [0.717, 1.165) is 5.56 Å². The van der Waals surface area contributed by atoms with Crippen molar-refractivity contribution in [3.05, 3.63) is 53.2 Å². The van der Waals surface area contributed by atoms with E-state index in [2.05, 4.69) is 4.98 Å². The van der Waals surface area contributed by atoms with Crippen molar-refractivity contribution in [2.24, 2.45) is 0 Å². The summed E-state index contributed by atoms with van der Waals surface area (Å²) in [5.41, 5.74) is 1.39. The van der Waals surface area contributed by atoms with Gasteiger partial charge in [0.1, 0.15) is 0 Å². The van der Waals surface area contributed by atoms with Gasteiger partial charge >= 0.3 is 0 Å². The minimum atomic E-state index is -0.168. The number of carbonyl (C=O) groups excluding carboxylic acids is 1. The molecular formula is C13H13ClN2O2. The first-order valence-electron chi connectivity index (χ1n) is 5.51. The summed E-state index contributed by atoms with van der Waals surface area (Å²) in [6.45, 7) is 1.95. The topological polar surface area (TPSA) is 46.3 Å². The Kier molecular flexibility index (Phi) is 3.67. The maximum atomic E-state index is 12.2. The van der Waals surface area contributed by atoms with Crippen LogP contribution in [0.1, 0.15) is 28.9 Å². The van der Waals surface area contributed by atoms with Crippen LogP contribution in [0.5, 0.6) is 0 Å². The lowest BCUT2D eigenvalue weighted by Gasteiger charge is -2.24. The van der Waals surface area contributed by atoms with Gasteiger partial charge in [0, 0.05) is 19.4 Å². The van der Waals surface area contributed by atoms with Crippen LogP contribution in [0.3, 0.4) is 0 Å². The molecule has 2 heterocycles. The first-order valence-corrected chi connectivity index (χ1v) is 5.89. The zero-order valence-electron chi connectivity index (χ0n) is 10.1. The third kappa shape index (κ3) is 2.38. The average molecular weight is 265 g/mol. The van der Waals surface area contributed by atoms with Crippen LogP contribution in [-0.2, 0) is 0 Å². The van der Waals surface area contributed by atoms with Gasteiger partial charge in [-0.25, -0.2) is 0 Å². The molecule has 0 aromatic carbocycles. The molecule has 0 fully saturated rings. The van der Waals surface area contributed by atoms with Crippen LogP contribution < -0.4 is 0 Å². The van der Waals surface area contributed by atoms with Gasteiger partial charge in [0.25, 0.3) is 5.91 Å². The van der Waals surface area contributed by atoms with E-state index < -0.39 is 0 Å². The molecule has 0 aliphatic heterocycles. The lowest BCUT2D eigenvalue weighted by Crippen LogP contribution is -2.29. The first kappa shape index (κ1) is 12.6. The molecule has 0 saturated heterocycles. The SMILES string of the molecule is CC(c1ccncc1)N(C)C(=O)c1ccoc1Cl. The summed E-state index contributed by atoms with van der Waals surface area (Å²) in [7, 11) is 1.73. The van der Waals surface area contributed by atoms with E-state index in [1.54, 1.807) is 30.4 Å². The van der Waals surface area contributed by atoms with E-state index in [-0.39, 0.29) is 17.2 Å². The summed E-state index contributed by atoms with van der Waals surface area (Å²) >= 11 is 5.81. The second kappa shape index (κ2) is 5.23. The number of halogens is 1. The minimum absolute atomic E-state index is 0.0635. The number of pyridine rings is 1. The molecular weight excluding hydrogens is 252 g/mol. The maximum Gasteiger partial charge on any atom is 0.258 e. The minimum Gasteiger partial charge on any atom is -0.452 e. The number of aromatic nitrogens is 1. The van der Waals surface area contributed by atoms with Crippen molar-refractivity contribution in [2.45, 2.75) is 13.0 Å². The molecule has 2 aromatic rings. The first-order chi connectivity index (χ1) is 8.61. The van der Waals surface area contributed by atoms with Crippen molar-refractivity contribution in [1.82, 2.24) is 9.88 Å². The van der Waals surface area contributed by atoms with E-state index in [9.17, 15) is 4.79 Å². The van der Waals surface area contributed by atoms with Crippen LogP contribution in [0.4, 0.5) is 0 Å². The van der Waals surface area contributed by atoms with Crippen LogP contribution in [-0.4, -0.2) is 22.8 Å². The smallest absolute Gasteiger partial charge is 0.258 e. The molecule has 0 saturated carbocycles. The Morgan fingerprint density at radius 1 is 1.39 bits per heavy atom.